The van der Waals surface area contributed by atoms with Gasteiger partial charge in [-0.05, 0) is 25.1 Å². The third kappa shape index (κ3) is 4.86. The van der Waals surface area contributed by atoms with Crippen molar-refractivity contribution in [1.29, 1.82) is 0 Å². The van der Waals surface area contributed by atoms with Gasteiger partial charge in [0, 0.05) is 4.90 Å². The lowest BCUT2D eigenvalue weighted by Crippen LogP contribution is -2.40. The average molecular weight is 289 g/mol. The molecule has 0 fully saturated rings. The van der Waals surface area contributed by atoms with E-state index in [-0.39, 0.29) is 5.75 Å². The molecule has 104 valence electrons. The molecule has 1 aromatic carbocycles. The number of carbonyl (C=O) groups excluding carboxylic acids is 2. The lowest BCUT2D eigenvalue weighted by atomic mass is 10.3. The number of benzene rings is 1. The highest BCUT2D eigenvalue weighted by Gasteiger charge is 2.15. The fourth-order valence-electron chi connectivity index (χ4n) is 1.23. The second kappa shape index (κ2) is 7.08. The summed E-state index contributed by atoms with van der Waals surface area (Å²) < 4.78 is 30.1. The number of hydrogen-bond donors (Lipinski definition) is 1. The quantitative estimate of drug-likeness (QED) is 0.662. The van der Waals surface area contributed by atoms with Gasteiger partial charge >= 0.3 is 5.97 Å². The minimum Gasteiger partial charge on any atom is -0.467 e. The van der Waals surface area contributed by atoms with Crippen LogP contribution in [0.2, 0.25) is 0 Å². The summed E-state index contributed by atoms with van der Waals surface area (Å²) in [5, 5.41) is 2.42. The number of halogens is 2. The fraction of sp³-hybridized carbons (Fsp3) is 0.333. The summed E-state index contributed by atoms with van der Waals surface area (Å²) in [6, 6.07) is 2.63. The molecule has 1 unspecified atom stereocenters. The van der Waals surface area contributed by atoms with E-state index in [0.717, 1.165) is 23.9 Å². The summed E-state index contributed by atoms with van der Waals surface area (Å²) in [6.07, 6.45) is 0. The molecular weight excluding hydrogens is 276 g/mol. The van der Waals surface area contributed by atoms with Crippen LogP contribution in [0.1, 0.15) is 6.92 Å². The molecule has 19 heavy (non-hydrogen) atoms. The minimum absolute atomic E-state index is 0.00753. The van der Waals surface area contributed by atoms with Crippen LogP contribution < -0.4 is 5.32 Å². The Labute approximate surface area is 113 Å². The molecule has 1 aromatic rings. The molecule has 0 aliphatic rings. The molecule has 1 N–H and O–H groups in total. The summed E-state index contributed by atoms with van der Waals surface area (Å²) in [7, 11) is 1.22. The van der Waals surface area contributed by atoms with E-state index in [4.69, 9.17) is 0 Å². The molecule has 0 saturated heterocycles. The van der Waals surface area contributed by atoms with Crippen LogP contribution in [0.4, 0.5) is 8.78 Å². The molecule has 4 nitrogen and oxygen atoms in total. The van der Waals surface area contributed by atoms with Crippen molar-refractivity contribution in [3.8, 4) is 0 Å². The molecule has 7 heteroatoms. The largest absolute Gasteiger partial charge is 0.467 e. The highest BCUT2D eigenvalue weighted by molar-refractivity contribution is 8.00. The van der Waals surface area contributed by atoms with Crippen molar-refractivity contribution in [2.45, 2.75) is 17.9 Å². The van der Waals surface area contributed by atoms with Gasteiger partial charge in [-0.1, -0.05) is 0 Å². The average Bonchev–Trinajstić information content (AvgIpc) is 2.39. The first-order valence-electron chi connectivity index (χ1n) is 5.39. The predicted octanol–water partition coefficient (Wildman–Crippen LogP) is 1.73. The van der Waals surface area contributed by atoms with Crippen molar-refractivity contribution in [2.75, 3.05) is 12.9 Å². The zero-order chi connectivity index (χ0) is 14.4. The minimum atomic E-state index is -0.965. The molecule has 1 amide bonds. The zero-order valence-electron chi connectivity index (χ0n) is 10.4. The maximum atomic E-state index is 12.9. The van der Waals surface area contributed by atoms with Gasteiger partial charge in [-0.15, -0.1) is 11.8 Å². The van der Waals surface area contributed by atoms with Gasteiger partial charge < -0.3 is 10.1 Å². The maximum absolute atomic E-state index is 12.9. The van der Waals surface area contributed by atoms with Gasteiger partial charge in [-0.3, -0.25) is 4.79 Å². The summed E-state index contributed by atoms with van der Waals surface area (Å²) in [5.41, 5.74) is 0. The number of carbonyl (C=O) groups is 2. The molecule has 1 rings (SSSR count). The summed E-state index contributed by atoms with van der Waals surface area (Å²) >= 11 is 1.04. The van der Waals surface area contributed by atoms with Gasteiger partial charge in [0.2, 0.25) is 5.91 Å². The monoisotopic (exact) mass is 289 g/mol. The third-order valence-electron chi connectivity index (χ3n) is 2.19. The Balaban J connectivity index is 2.46. The van der Waals surface area contributed by atoms with E-state index in [1.165, 1.54) is 20.1 Å². The molecular formula is C12H13F2NO3S. The second-order valence-electron chi connectivity index (χ2n) is 3.68. The van der Waals surface area contributed by atoms with Crippen LogP contribution in [0.5, 0.6) is 0 Å². The number of ether oxygens (including phenoxy) is 1. The third-order valence-corrected chi connectivity index (χ3v) is 3.19. The molecule has 0 heterocycles. The Kier molecular flexibility index (Phi) is 5.75. The first-order valence-corrected chi connectivity index (χ1v) is 6.37. The zero-order valence-corrected chi connectivity index (χ0v) is 11.2. The summed E-state index contributed by atoms with van der Waals surface area (Å²) in [6.45, 7) is 1.49. The normalized spacial score (nSPS) is 11.8. The molecule has 0 radical (unpaired) electrons. The topological polar surface area (TPSA) is 55.4 Å². The number of hydrogen-bond acceptors (Lipinski definition) is 4. The highest BCUT2D eigenvalue weighted by atomic mass is 32.2. The molecule has 0 bridgehead atoms. The van der Waals surface area contributed by atoms with Gasteiger partial charge in [0.25, 0.3) is 0 Å². The van der Waals surface area contributed by atoms with Crippen molar-refractivity contribution in [1.82, 2.24) is 5.32 Å². The molecule has 1 atom stereocenters. The molecule has 0 aliphatic carbocycles. The van der Waals surface area contributed by atoms with Crippen molar-refractivity contribution in [2.24, 2.45) is 0 Å². The Hall–Kier alpha value is -1.63. The first kappa shape index (κ1) is 15.4. The molecule has 0 aromatic heterocycles. The van der Waals surface area contributed by atoms with Crippen molar-refractivity contribution in [3.05, 3.63) is 29.8 Å². The van der Waals surface area contributed by atoms with Crippen LogP contribution in [0.25, 0.3) is 0 Å². The van der Waals surface area contributed by atoms with Crippen molar-refractivity contribution < 1.29 is 23.1 Å². The number of methoxy groups -OCH3 is 1. The van der Waals surface area contributed by atoms with E-state index < -0.39 is 29.6 Å². The van der Waals surface area contributed by atoms with E-state index in [1.54, 1.807) is 0 Å². The Bertz CT molecular complexity index is 482. The Morgan fingerprint density at radius 3 is 2.63 bits per heavy atom. The van der Waals surface area contributed by atoms with Gasteiger partial charge in [-0.2, -0.15) is 0 Å². The van der Waals surface area contributed by atoms with E-state index >= 15 is 0 Å². The van der Waals surface area contributed by atoms with E-state index in [9.17, 15) is 18.4 Å². The summed E-state index contributed by atoms with van der Waals surface area (Å²) in [5.74, 6) is -2.85. The van der Waals surface area contributed by atoms with Gasteiger partial charge in [0.15, 0.2) is 11.6 Å². The SMILES string of the molecule is COC(=O)C(C)NC(=O)CSc1ccc(F)c(F)c1. The molecule has 0 spiro atoms. The first-order chi connectivity index (χ1) is 8.93. The number of amides is 1. The highest BCUT2D eigenvalue weighted by Crippen LogP contribution is 2.20. The van der Waals surface area contributed by atoms with E-state index in [2.05, 4.69) is 10.1 Å². The van der Waals surface area contributed by atoms with Crippen LogP contribution in [-0.2, 0) is 14.3 Å². The van der Waals surface area contributed by atoms with Gasteiger partial charge in [0.1, 0.15) is 6.04 Å². The lowest BCUT2D eigenvalue weighted by Gasteiger charge is -2.11. The standard InChI is InChI=1S/C12H13F2NO3S/c1-7(12(17)18-2)15-11(16)6-19-8-3-4-9(13)10(14)5-8/h3-5,7H,6H2,1-2H3,(H,15,16). The van der Waals surface area contributed by atoms with Crippen LogP contribution in [0, 0.1) is 11.6 Å². The van der Waals surface area contributed by atoms with Gasteiger partial charge in [-0.25, -0.2) is 13.6 Å². The molecule has 0 aliphatic heterocycles. The van der Waals surface area contributed by atoms with Gasteiger partial charge in [0.05, 0.1) is 12.9 Å². The van der Waals surface area contributed by atoms with E-state index in [0.29, 0.717) is 4.90 Å². The van der Waals surface area contributed by atoms with E-state index in [1.807, 2.05) is 0 Å². The Morgan fingerprint density at radius 1 is 1.37 bits per heavy atom. The number of thioether (sulfide) groups is 1. The van der Waals surface area contributed by atoms with Crippen LogP contribution in [0.3, 0.4) is 0 Å². The predicted molar refractivity (Wildman–Crippen MR) is 66.7 cm³/mol. The van der Waals surface area contributed by atoms with Crippen LogP contribution >= 0.6 is 11.8 Å². The maximum Gasteiger partial charge on any atom is 0.328 e. The Morgan fingerprint density at radius 2 is 2.05 bits per heavy atom. The van der Waals surface area contributed by atoms with Crippen molar-refractivity contribution >= 4 is 23.6 Å². The fourth-order valence-corrected chi connectivity index (χ4v) is 1.97. The molecule has 0 saturated carbocycles. The number of esters is 1. The smallest absolute Gasteiger partial charge is 0.328 e. The number of rotatable bonds is 5. The summed E-state index contributed by atoms with van der Waals surface area (Å²) in [4.78, 5) is 23.0. The van der Waals surface area contributed by atoms with Crippen LogP contribution in [-0.4, -0.2) is 30.8 Å². The van der Waals surface area contributed by atoms with Crippen LogP contribution in [0.15, 0.2) is 23.1 Å². The lowest BCUT2D eigenvalue weighted by molar-refractivity contribution is -0.144. The number of nitrogens with one attached hydrogen (secondary N) is 1. The second-order valence-corrected chi connectivity index (χ2v) is 4.73. The van der Waals surface area contributed by atoms with Crippen molar-refractivity contribution in [3.63, 3.8) is 0 Å².